The van der Waals surface area contributed by atoms with Gasteiger partial charge in [-0.25, -0.2) is 0 Å². The van der Waals surface area contributed by atoms with Gasteiger partial charge in [-0.15, -0.1) is 0 Å². The van der Waals surface area contributed by atoms with E-state index in [2.05, 4.69) is 4.90 Å². The molecule has 2 aliphatic rings. The van der Waals surface area contributed by atoms with E-state index in [1.54, 1.807) is 13.0 Å². The summed E-state index contributed by atoms with van der Waals surface area (Å²) in [5.74, 6) is 0.239. The SMILES string of the molecule is CC(=O)N1c2ccccc2N(Cc2ccccc2C(N)=O)CC1C1CC1. The van der Waals surface area contributed by atoms with Crippen LogP contribution in [0.25, 0.3) is 0 Å². The number of benzene rings is 2. The first-order valence-electron chi connectivity index (χ1n) is 9.07. The summed E-state index contributed by atoms with van der Waals surface area (Å²) in [5.41, 5.74) is 9.01. The summed E-state index contributed by atoms with van der Waals surface area (Å²) in [6, 6.07) is 15.7. The second-order valence-corrected chi connectivity index (χ2v) is 7.18. The first-order chi connectivity index (χ1) is 12.6. The molecule has 1 aliphatic carbocycles. The van der Waals surface area contributed by atoms with Crippen LogP contribution >= 0.6 is 0 Å². The molecule has 0 bridgehead atoms. The van der Waals surface area contributed by atoms with E-state index in [9.17, 15) is 9.59 Å². The van der Waals surface area contributed by atoms with Crippen molar-refractivity contribution in [1.29, 1.82) is 0 Å². The molecular formula is C21H23N3O2. The highest BCUT2D eigenvalue weighted by Gasteiger charge is 2.42. The minimum absolute atomic E-state index is 0.0894. The van der Waals surface area contributed by atoms with Gasteiger partial charge in [-0.05, 0) is 42.5 Å². The van der Waals surface area contributed by atoms with E-state index in [4.69, 9.17) is 5.73 Å². The molecule has 0 spiro atoms. The Kier molecular flexibility index (Phi) is 4.15. The molecule has 2 N–H and O–H groups in total. The second-order valence-electron chi connectivity index (χ2n) is 7.18. The fourth-order valence-corrected chi connectivity index (χ4v) is 4.02. The van der Waals surface area contributed by atoms with Crippen LogP contribution in [0.5, 0.6) is 0 Å². The Morgan fingerprint density at radius 2 is 1.69 bits per heavy atom. The lowest BCUT2D eigenvalue weighted by atomic mass is 10.0. The molecule has 5 nitrogen and oxygen atoms in total. The van der Waals surface area contributed by atoms with E-state index in [-0.39, 0.29) is 11.9 Å². The van der Waals surface area contributed by atoms with E-state index in [0.29, 0.717) is 18.0 Å². The lowest BCUT2D eigenvalue weighted by molar-refractivity contribution is -0.117. The number of hydrogen-bond acceptors (Lipinski definition) is 3. The van der Waals surface area contributed by atoms with Crippen molar-refractivity contribution in [1.82, 2.24) is 0 Å². The van der Waals surface area contributed by atoms with Crippen molar-refractivity contribution >= 4 is 23.2 Å². The largest absolute Gasteiger partial charge is 0.366 e. The van der Waals surface area contributed by atoms with Crippen molar-refractivity contribution in [3.05, 3.63) is 59.7 Å². The second kappa shape index (κ2) is 6.48. The number of fused-ring (bicyclic) bond motifs is 1. The average molecular weight is 349 g/mol. The predicted octanol–water partition coefficient (Wildman–Crippen LogP) is 2.94. The van der Waals surface area contributed by atoms with Crippen LogP contribution in [0.3, 0.4) is 0 Å². The quantitative estimate of drug-likeness (QED) is 0.923. The van der Waals surface area contributed by atoms with Crippen LogP contribution < -0.4 is 15.5 Å². The van der Waals surface area contributed by atoms with Gasteiger partial charge in [0.25, 0.3) is 0 Å². The predicted molar refractivity (Wildman–Crippen MR) is 102 cm³/mol. The Morgan fingerprint density at radius 1 is 1.04 bits per heavy atom. The summed E-state index contributed by atoms with van der Waals surface area (Å²) in [4.78, 5) is 28.4. The molecule has 1 unspecified atom stereocenters. The normalized spacial score (nSPS) is 19.2. The number of para-hydroxylation sites is 2. The lowest BCUT2D eigenvalue weighted by Crippen LogP contribution is -2.52. The highest BCUT2D eigenvalue weighted by Crippen LogP contribution is 2.44. The molecule has 0 radical (unpaired) electrons. The molecule has 4 rings (SSSR count). The summed E-state index contributed by atoms with van der Waals surface area (Å²) in [6.07, 6.45) is 2.34. The smallest absolute Gasteiger partial charge is 0.249 e. The van der Waals surface area contributed by atoms with E-state index >= 15 is 0 Å². The minimum Gasteiger partial charge on any atom is -0.366 e. The number of carbonyl (C=O) groups excluding carboxylic acids is 2. The summed E-state index contributed by atoms with van der Waals surface area (Å²) in [7, 11) is 0. The Bertz CT molecular complexity index is 860. The number of amides is 2. The number of carbonyl (C=O) groups is 2. The van der Waals surface area contributed by atoms with Crippen molar-refractivity contribution in [3.8, 4) is 0 Å². The number of nitrogens with two attached hydrogens (primary N) is 1. The fraction of sp³-hybridized carbons (Fsp3) is 0.333. The van der Waals surface area contributed by atoms with E-state index in [0.717, 1.165) is 23.5 Å². The fourth-order valence-electron chi connectivity index (χ4n) is 4.02. The lowest BCUT2D eigenvalue weighted by Gasteiger charge is -2.43. The summed E-state index contributed by atoms with van der Waals surface area (Å²) < 4.78 is 0. The number of hydrogen-bond donors (Lipinski definition) is 1. The molecular weight excluding hydrogens is 326 g/mol. The topological polar surface area (TPSA) is 66.6 Å². The van der Waals surface area contributed by atoms with Gasteiger partial charge in [0.05, 0.1) is 17.4 Å². The maximum absolute atomic E-state index is 12.4. The molecule has 1 atom stereocenters. The van der Waals surface area contributed by atoms with Gasteiger partial charge in [-0.1, -0.05) is 30.3 Å². The van der Waals surface area contributed by atoms with Crippen LogP contribution in [0.1, 0.15) is 35.7 Å². The molecule has 1 heterocycles. The van der Waals surface area contributed by atoms with Gasteiger partial charge in [-0.3, -0.25) is 9.59 Å². The zero-order valence-electron chi connectivity index (χ0n) is 14.9. The molecule has 1 saturated carbocycles. The standard InChI is InChI=1S/C21H23N3O2/c1-14(25)24-19-9-5-4-8-18(19)23(13-20(24)15-10-11-15)12-16-6-2-3-7-17(16)21(22)26/h2-9,15,20H,10-13H2,1H3,(H2,22,26). The molecule has 134 valence electrons. The highest BCUT2D eigenvalue weighted by molar-refractivity contribution is 5.97. The van der Waals surface area contributed by atoms with E-state index in [1.165, 1.54) is 12.8 Å². The number of nitrogens with zero attached hydrogens (tertiary/aromatic N) is 2. The number of primary amides is 1. The van der Waals surface area contributed by atoms with E-state index < -0.39 is 5.91 Å². The molecule has 0 aromatic heterocycles. The van der Waals surface area contributed by atoms with Crippen molar-refractivity contribution in [2.75, 3.05) is 16.3 Å². The maximum Gasteiger partial charge on any atom is 0.249 e. The molecule has 5 heteroatoms. The summed E-state index contributed by atoms with van der Waals surface area (Å²) in [6.45, 7) is 3.02. The Morgan fingerprint density at radius 3 is 2.35 bits per heavy atom. The third-order valence-electron chi connectivity index (χ3n) is 5.37. The Labute approximate surface area is 153 Å². The van der Waals surface area contributed by atoms with Gasteiger partial charge in [0.2, 0.25) is 11.8 Å². The van der Waals surface area contributed by atoms with Crippen molar-refractivity contribution in [2.24, 2.45) is 11.7 Å². The van der Waals surface area contributed by atoms with Gasteiger partial charge in [-0.2, -0.15) is 0 Å². The molecule has 2 amide bonds. The number of anilines is 2. The first-order valence-corrected chi connectivity index (χ1v) is 9.07. The summed E-state index contributed by atoms with van der Waals surface area (Å²) in [5, 5.41) is 0. The Hall–Kier alpha value is -2.82. The van der Waals surface area contributed by atoms with Gasteiger partial charge in [0, 0.05) is 25.6 Å². The van der Waals surface area contributed by atoms with Crippen LogP contribution in [0.4, 0.5) is 11.4 Å². The van der Waals surface area contributed by atoms with Crippen LogP contribution in [-0.2, 0) is 11.3 Å². The monoisotopic (exact) mass is 349 g/mol. The minimum atomic E-state index is -0.407. The molecule has 1 fully saturated rings. The van der Waals surface area contributed by atoms with Gasteiger partial charge >= 0.3 is 0 Å². The number of rotatable bonds is 4. The highest BCUT2D eigenvalue weighted by atomic mass is 16.2. The van der Waals surface area contributed by atoms with Crippen molar-refractivity contribution in [3.63, 3.8) is 0 Å². The molecule has 2 aromatic carbocycles. The van der Waals surface area contributed by atoms with E-state index in [1.807, 2.05) is 47.4 Å². The summed E-state index contributed by atoms with van der Waals surface area (Å²) >= 11 is 0. The Balaban J connectivity index is 1.73. The third-order valence-corrected chi connectivity index (χ3v) is 5.37. The van der Waals surface area contributed by atoms with Crippen LogP contribution in [0.2, 0.25) is 0 Å². The molecule has 2 aromatic rings. The van der Waals surface area contributed by atoms with Crippen molar-refractivity contribution < 1.29 is 9.59 Å². The molecule has 26 heavy (non-hydrogen) atoms. The van der Waals surface area contributed by atoms with Crippen LogP contribution in [-0.4, -0.2) is 24.4 Å². The zero-order valence-corrected chi connectivity index (χ0v) is 14.9. The first kappa shape index (κ1) is 16.6. The average Bonchev–Trinajstić information content (AvgIpc) is 3.46. The maximum atomic E-state index is 12.4. The molecule has 1 aliphatic heterocycles. The van der Waals surface area contributed by atoms with Crippen LogP contribution in [0.15, 0.2) is 48.5 Å². The van der Waals surface area contributed by atoms with Gasteiger partial charge in [0.15, 0.2) is 0 Å². The molecule has 0 saturated heterocycles. The van der Waals surface area contributed by atoms with Crippen molar-refractivity contribution in [2.45, 2.75) is 32.4 Å². The van der Waals surface area contributed by atoms with Gasteiger partial charge in [0.1, 0.15) is 0 Å². The van der Waals surface area contributed by atoms with Gasteiger partial charge < -0.3 is 15.5 Å². The third kappa shape index (κ3) is 2.94. The van der Waals surface area contributed by atoms with Crippen LogP contribution in [0, 0.1) is 5.92 Å². The zero-order chi connectivity index (χ0) is 18.3.